The van der Waals surface area contributed by atoms with Gasteiger partial charge in [0, 0.05) is 41.5 Å². The number of aromatic nitrogens is 1. The zero-order valence-corrected chi connectivity index (χ0v) is 11.8. The van der Waals surface area contributed by atoms with Crippen molar-refractivity contribution < 1.29 is 0 Å². The van der Waals surface area contributed by atoms with Crippen molar-refractivity contribution in [2.45, 2.75) is 38.0 Å². The molecule has 2 aliphatic rings. The topological polar surface area (TPSA) is 42.1 Å². The van der Waals surface area contributed by atoms with E-state index in [2.05, 4.69) is 29.2 Å². The van der Waals surface area contributed by atoms with E-state index >= 15 is 0 Å². The predicted octanol–water partition coefficient (Wildman–Crippen LogP) is 3.68. The lowest BCUT2D eigenvalue weighted by Crippen LogP contribution is -2.29. The molecule has 3 nitrogen and oxygen atoms in total. The fraction of sp³-hybridized carbons (Fsp3) is 0.471. The van der Waals surface area contributed by atoms with Crippen molar-refractivity contribution in [2.75, 3.05) is 23.7 Å². The van der Waals surface area contributed by atoms with E-state index in [0.29, 0.717) is 5.92 Å². The van der Waals surface area contributed by atoms with Gasteiger partial charge in [-0.3, -0.25) is 4.98 Å². The molecule has 1 aromatic heterocycles. The summed E-state index contributed by atoms with van der Waals surface area (Å²) in [6.07, 6.45) is 6.49. The van der Waals surface area contributed by atoms with Crippen molar-refractivity contribution in [3.63, 3.8) is 0 Å². The van der Waals surface area contributed by atoms with Crippen LogP contribution < -0.4 is 10.6 Å². The van der Waals surface area contributed by atoms with Crippen LogP contribution in [0.2, 0.25) is 0 Å². The highest BCUT2D eigenvalue weighted by molar-refractivity contribution is 5.93. The Hall–Kier alpha value is -1.77. The Labute approximate surface area is 119 Å². The Morgan fingerprint density at radius 1 is 1.05 bits per heavy atom. The van der Waals surface area contributed by atoms with Gasteiger partial charge in [-0.25, -0.2) is 0 Å². The van der Waals surface area contributed by atoms with Crippen molar-refractivity contribution in [1.29, 1.82) is 0 Å². The largest absolute Gasteiger partial charge is 0.398 e. The van der Waals surface area contributed by atoms with E-state index in [4.69, 9.17) is 10.7 Å². The number of fused-ring (bicyclic) bond motifs is 1. The zero-order valence-electron chi connectivity index (χ0n) is 11.8. The van der Waals surface area contributed by atoms with Gasteiger partial charge in [0.2, 0.25) is 0 Å². The van der Waals surface area contributed by atoms with Crippen LogP contribution in [-0.2, 0) is 0 Å². The first-order chi connectivity index (χ1) is 9.81. The first-order valence-corrected chi connectivity index (χ1v) is 7.76. The first-order valence-electron chi connectivity index (χ1n) is 7.76. The number of pyridine rings is 1. The van der Waals surface area contributed by atoms with E-state index in [9.17, 15) is 0 Å². The third-order valence-corrected chi connectivity index (χ3v) is 4.56. The molecule has 2 heterocycles. The third kappa shape index (κ3) is 2.11. The smallest absolute Gasteiger partial charge is 0.0727 e. The van der Waals surface area contributed by atoms with Gasteiger partial charge in [-0.1, -0.05) is 0 Å². The molecular formula is C17H21N3. The number of nitrogen functional groups attached to an aromatic ring is 1. The second-order valence-electron chi connectivity index (χ2n) is 6.16. The standard InChI is InChI=1S/C17H21N3/c18-15-11-17(12-4-5-12)19-16-7-6-13(10-14(15)16)20-8-2-1-3-9-20/h6-7,10-12H,1-5,8-9H2,(H2,18,19). The molecule has 0 atom stereocenters. The predicted molar refractivity (Wildman–Crippen MR) is 84.2 cm³/mol. The molecule has 0 radical (unpaired) electrons. The average molecular weight is 267 g/mol. The highest BCUT2D eigenvalue weighted by Crippen LogP contribution is 2.41. The molecule has 20 heavy (non-hydrogen) atoms. The maximum Gasteiger partial charge on any atom is 0.0727 e. The van der Waals surface area contributed by atoms with E-state index in [1.807, 2.05) is 0 Å². The van der Waals surface area contributed by atoms with E-state index in [1.54, 1.807) is 0 Å². The van der Waals surface area contributed by atoms with Gasteiger partial charge in [0.1, 0.15) is 0 Å². The van der Waals surface area contributed by atoms with Crippen molar-refractivity contribution in [1.82, 2.24) is 4.98 Å². The Morgan fingerprint density at radius 3 is 2.60 bits per heavy atom. The third-order valence-electron chi connectivity index (χ3n) is 4.56. The maximum atomic E-state index is 6.26. The first kappa shape index (κ1) is 12.0. The molecule has 4 rings (SSSR count). The van der Waals surface area contributed by atoms with Crippen LogP contribution in [0.25, 0.3) is 10.9 Å². The van der Waals surface area contributed by atoms with Gasteiger partial charge in [-0.15, -0.1) is 0 Å². The number of nitrogens with zero attached hydrogens (tertiary/aromatic N) is 2. The summed E-state index contributed by atoms with van der Waals surface area (Å²) in [6, 6.07) is 8.65. The molecule has 0 amide bonds. The fourth-order valence-corrected chi connectivity index (χ4v) is 3.20. The molecule has 3 heteroatoms. The van der Waals surface area contributed by atoms with Crippen LogP contribution >= 0.6 is 0 Å². The van der Waals surface area contributed by atoms with Gasteiger partial charge in [0.05, 0.1) is 5.52 Å². The van der Waals surface area contributed by atoms with Crippen molar-refractivity contribution >= 4 is 22.3 Å². The summed E-state index contributed by atoms with van der Waals surface area (Å²) in [5, 5.41) is 1.11. The van der Waals surface area contributed by atoms with Gasteiger partial charge >= 0.3 is 0 Å². The van der Waals surface area contributed by atoms with Gasteiger partial charge in [-0.05, 0) is 56.4 Å². The molecule has 104 valence electrons. The number of piperidine rings is 1. The highest BCUT2D eigenvalue weighted by Gasteiger charge is 2.25. The van der Waals surface area contributed by atoms with E-state index in [-0.39, 0.29) is 0 Å². The lowest BCUT2D eigenvalue weighted by Gasteiger charge is -2.29. The molecule has 0 bridgehead atoms. The Morgan fingerprint density at radius 2 is 1.85 bits per heavy atom. The average Bonchev–Trinajstić information content (AvgIpc) is 3.32. The SMILES string of the molecule is Nc1cc(C2CC2)nc2ccc(N3CCCCC3)cc12. The second kappa shape index (κ2) is 4.65. The molecule has 2 N–H and O–H groups in total. The number of hydrogen-bond donors (Lipinski definition) is 1. The summed E-state index contributed by atoms with van der Waals surface area (Å²) in [4.78, 5) is 7.26. The van der Waals surface area contributed by atoms with Gasteiger partial charge in [0.15, 0.2) is 0 Å². The molecule has 1 saturated heterocycles. The van der Waals surface area contributed by atoms with Crippen LogP contribution in [0.4, 0.5) is 11.4 Å². The lowest BCUT2D eigenvalue weighted by atomic mass is 10.1. The monoisotopic (exact) mass is 267 g/mol. The summed E-state index contributed by atoms with van der Waals surface area (Å²) in [5.41, 5.74) is 10.7. The molecule has 0 spiro atoms. The van der Waals surface area contributed by atoms with Crippen LogP contribution in [0.1, 0.15) is 43.7 Å². The minimum atomic E-state index is 0.656. The molecular weight excluding hydrogens is 246 g/mol. The summed E-state index contributed by atoms with van der Waals surface area (Å²) in [7, 11) is 0. The fourth-order valence-electron chi connectivity index (χ4n) is 3.20. The molecule has 1 aliphatic carbocycles. The molecule has 0 unspecified atom stereocenters. The van der Waals surface area contributed by atoms with E-state index in [1.165, 1.54) is 56.6 Å². The molecule has 2 aromatic rings. The number of nitrogens with two attached hydrogens (primary N) is 1. The summed E-state index contributed by atoms with van der Waals surface area (Å²) in [6.45, 7) is 2.33. The van der Waals surface area contributed by atoms with Crippen LogP contribution in [0.3, 0.4) is 0 Å². The molecule has 1 aliphatic heterocycles. The number of benzene rings is 1. The minimum Gasteiger partial charge on any atom is -0.398 e. The molecule has 1 aromatic carbocycles. The zero-order chi connectivity index (χ0) is 13.5. The minimum absolute atomic E-state index is 0.656. The lowest BCUT2D eigenvalue weighted by molar-refractivity contribution is 0.578. The van der Waals surface area contributed by atoms with Gasteiger partial charge in [-0.2, -0.15) is 0 Å². The van der Waals surface area contributed by atoms with Crippen LogP contribution in [0.5, 0.6) is 0 Å². The Kier molecular flexibility index (Phi) is 2.79. The van der Waals surface area contributed by atoms with Crippen molar-refractivity contribution in [2.24, 2.45) is 0 Å². The van der Waals surface area contributed by atoms with Gasteiger partial charge in [0.25, 0.3) is 0 Å². The summed E-state index contributed by atoms with van der Waals surface area (Å²) >= 11 is 0. The van der Waals surface area contributed by atoms with Crippen LogP contribution in [-0.4, -0.2) is 18.1 Å². The quantitative estimate of drug-likeness (QED) is 0.902. The normalized spacial score (nSPS) is 19.5. The van der Waals surface area contributed by atoms with E-state index in [0.717, 1.165) is 16.6 Å². The van der Waals surface area contributed by atoms with Gasteiger partial charge < -0.3 is 10.6 Å². The Balaban J connectivity index is 1.74. The van der Waals surface area contributed by atoms with E-state index < -0.39 is 0 Å². The van der Waals surface area contributed by atoms with Crippen LogP contribution in [0, 0.1) is 0 Å². The number of hydrogen-bond acceptors (Lipinski definition) is 3. The number of anilines is 2. The van der Waals surface area contributed by atoms with Crippen molar-refractivity contribution in [3.8, 4) is 0 Å². The molecule has 1 saturated carbocycles. The second-order valence-corrected chi connectivity index (χ2v) is 6.16. The van der Waals surface area contributed by atoms with Crippen molar-refractivity contribution in [3.05, 3.63) is 30.0 Å². The summed E-state index contributed by atoms with van der Waals surface area (Å²) in [5.74, 6) is 0.656. The summed E-state index contributed by atoms with van der Waals surface area (Å²) < 4.78 is 0. The Bertz CT molecular complexity index is 640. The number of rotatable bonds is 2. The molecule has 2 fully saturated rings. The highest BCUT2D eigenvalue weighted by atomic mass is 15.1. The maximum absolute atomic E-state index is 6.26. The van der Waals surface area contributed by atoms with Crippen LogP contribution in [0.15, 0.2) is 24.3 Å².